The maximum atomic E-state index is 11.9. The first kappa shape index (κ1) is 13.3. The van der Waals surface area contributed by atoms with Crippen LogP contribution in [0.15, 0.2) is 24.3 Å². The minimum Gasteiger partial charge on any atom is -0.481 e. The number of alkyl halides is 3. The predicted molar refractivity (Wildman–Crippen MR) is 52.3 cm³/mol. The summed E-state index contributed by atoms with van der Waals surface area (Å²) in [5.74, 6) is -1.55. The maximum Gasteiger partial charge on any atom is 0.573 e. The summed E-state index contributed by atoms with van der Waals surface area (Å²) in [5.41, 5.74) is 5.78. The average Bonchev–Trinajstić information content (AvgIpc) is 2.14. The van der Waals surface area contributed by atoms with Crippen molar-refractivity contribution in [3.05, 3.63) is 29.8 Å². The van der Waals surface area contributed by atoms with Gasteiger partial charge in [0.25, 0.3) is 0 Å². The molecule has 94 valence electrons. The van der Waals surface area contributed by atoms with Crippen molar-refractivity contribution in [1.82, 2.24) is 0 Å². The molecule has 0 fully saturated rings. The zero-order chi connectivity index (χ0) is 13.1. The fraction of sp³-hybridized carbons (Fsp3) is 0.300. The van der Waals surface area contributed by atoms with Crippen LogP contribution in [0, 0.1) is 0 Å². The maximum absolute atomic E-state index is 11.9. The summed E-state index contributed by atoms with van der Waals surface area (Å²) >= 11 is 0. The summed E-state index contributed by atoms with van der Waals surface area (Å²) in [6, 6.07) is 4.07. The largest absolute Gasteiger partial charge is 0.573 e. The fourth-order valence-electron chi connectivity index (χ4n) is 1.25. The van der Waals surface area contributed by atoms with Crippen LogP contribution in [0.25, 0.3) is 0 Å². The van der Waals surface area contributed by atoms with E-state index in [1.165, 1.54) is 12.1 Å². The molecule has 4 nitrogen and oxygen atoms in total. The molecule has 0 radical (unpaired) electrons. The van der Waals surface area contributed by atoms with E-state index < -0.39 is 24.1 Å². The van der Waals surface area contributed by atoms with Crippen LogP contribution in [0.3, 0.4) is 0 Å². The van der Waals surface area contributed by atoms with E-state index in [1.807, 2.05) is 0 Å². The van der Waals surface area contributed by atoms with Gasteiger partial charge in [-0.3, -0.25) is 4.79 Å². The third-order valence-electron chi connectivity index (χ3n) is 1.91. The van der Waals surface area contributed by atoms with Gasteiger partial charge >= 0.3 is 12.3 Å². The second-order valence-electron chi connectivity index (χ2n) is 3.32. The quantitative estimate of drug-likeness (QED) is 0.856. The van der Waals surface area contributed by atoms with E-state index in [4.69, 9.17) is 10.8 Å². The number of carboxylic acids is 1. The molecule has 0 aromatic heterocycles. The normalized spacial score (nSPS) is 13.2. The Kier molecular flexibility index (Phi) is 3.95. The minimum absolute atomic E-state index is 0.272. The Morgan fingerprint density at radius 2 is 2.12 bits per heavy atom. The number of hydrogen-bond acceptors (Lipinski definition) is 3. The van der Waals surface area contributed by atoms with Crippen LogP contribution in [-0.2, 0) is 4.79 Å². The molecule has 3 N–H and O–H groups in total. The Balaban J connectivity index is 2.82. The lowest BCUT2D eigenvalue weighted by Crippen LogP contribution is -2.18. The van der Waals surface area contributed by atoms with E-state index in [2.05, 4.69) is 4.74 Å². The van der Waals surface area contributed by atoms with E-state index >= 15 is 0 Å². The molecule has 1 aromatic rings. The fourth-order valence-corrected chi connectivity index (χ4v) is 1.25. The second kappa shape index (κ2) is 5.05. The number of halogens is 3. The highest BCUT2D eigenvalue weighted by Crippen LogP contribution is 2.25. The topological polar surface area (TPSA) is 72.6 Å². The molecule has 1 aromatic carbocycles. The first-order valence-corrected chi connectivity index (χ1v) is 4.61. The number of benzene rings is 1. The van der Waals surface area contributed by atoms with Gasteiger partial charge < -0.3 is 15.6 Å². The van der Waals surface area contributed by atoms with Crippen molar-refractivity contribution in [3.8, 4) is 5.75 Å². The number of nitrogens with two attached hydrogens (primary N) is 1. The van der Waals surface area contributed by atoms with Crippen LogP contribution in [0.1, 0.15) is 18.0 Å². The molecule has 0 saturated heterocycles. The van der Waals surface area contributed by atoms with Gasteiger partial charge in [0, 0.05) is 6.04 Å². The number of rotatable bonds is 4. The monoisotopic (exact) mass is 249 g/mol. The lowest BCUT2D eigenvalue weighted by Gasteiger charge is -2.13. The third kappa shape index (κ3) is 4.73. The number of carboxylic acid groups (broad SMARTS) is 1. The molecule has 1 rings (SSSR count). The second-order valence-corrected chi connectivity index (χ2v) is 3.32. The standard InChI is InChI=1S/C10H10F3NO3/c11-10(12,13)17-7-3-1-2-6(4-7)8(14)5-9(15)16/h1-4,8H,5,14H2,(H,15,16). The molecular formula is C10H10F3NO3. The van der Waals surface area contributed by atoms with Crippen molar-refractivity contribution < 1.29 is 27.8 Å². The van der Waals surface area contributed by atoms with Crippen molar-refractivity contribution in [2.45, 2.75) is 18.8 Å². The van der Waals surface area contributed by atoms with Crippen LogP contribution < -0.4 is 10.5 Å². The van der Waals surface area contributed by atoms with Crippen molar-refractivity contribution in [2.75, 3.05) is 0 Å². The first-order valence-electron chi connectivity index (χ1n) is 4.61. The molecule has 0 aliphatic heterocycles. The van der Waals surface area contributed by atoms with Crippen molar-refractivity contribution in [1.29, 1.82) is 0 Å². The Bertz CT molecular complexity index is 406. The number of hydrogen-bond donors (Lipinski definition) is 2. The predicted octanol–water partition coefficient (Wildman–Crippen LogP) is 2.06. The molecule has 0 aliphatic carbocycles. The van der Waals surface area contributed by atoms with E-state index in [1.54, 1.807) is 0 Å². The van der Waals surface area contributed by atoms with Crippen LogP contribution in [-0.4, -0.2) is 17.4 Å². The number of ether oxygens (including phenoxy) is 1. The molecule has 0 amide bonds. The first-order chi connectivity index (χ1) is 7.78. The van der Waals surface area contributed by atoms with Crippen molar-refractivity contribution in [3.63, 3.8) is 0 Å². The SMILES string of the molecule is NC(CC(=O)O)c1cccc(OC(F)(F)F)c1. The van der Waals surface area contributed by atoms with Gasteiger partial charge in [-0.05, 0) is 17.7 Å². The van der Waals surface area contributed by atoms with E-state index in [0.717, 1.165) is 12.1 Å². The summed E-state index contributed by atoms with van der Waals surface area (Å²) in [4.78, 5) is 10.4. The molecule has 1 unspecified atom stereocenters. The highest BCUT2D eigenvalue weighted by Gasteiger charge is 2.31. The lowest BCUT2D eigenvalue weighted by molar-refractivity contribution is -0.274. The molecule has 0 spiro atoms. The van der Waals surface area contributed by atoms with Gasteiger partial charge in [0.15, 0.2) is 0 Å². The van der Waals surface area contributed by atoms with Gasteiger partial charge in [0.2, 0.25) is 0 Å². The van der Waals surface area contributed by atoms with Crippen molar-refractivity contribution in [2.24, 2.45) is 5.73 Å². The Morgan fingerprint density at radius 3 is 2.65 bits per heavy atom. The van der Waals surface area contributed by atoms with Gasteiger partial charge in [-0.15, -0.1) is 13.2 Å². The molecule has 0 aliphatic rings. The third-order valence-corrected chi connectivity index (χ3v) is 1.91. The summed E-state index contributed by atoms with van der Waals surface area (Å²) < 4.78 is 39.5. The summed E-state index contributed by atoms with van der Waals surface area (Å²) in [7, 11) is 0. The van der Waals surface area contributed by atoms with E-state index in [9.17, 15) is 18.0 Å². The molecule has 17 heavy (non-hydrogen) atoms. The highest BCUT2D eigenvalue weighted by molar-refractivity contribution is 5.67. The Labute approximate surface area is 94.8 Å². The lowest BCUT2D eigenvalue weighted by atomic mass is 10.0. The Hall–Kier alpha value is -1.76. The molecular weight excluding hydrogens is 239 g/mol. The molecule has 1 atom stereocenters. The van der Waals surface area contributed by atoms with Crippen LogP contribution in [0.2, 0.25) is 0 Å². The van der Waals surface area contributed by atoms with Crippen LogP contribution in [0.5, 0.6) is 5.75 Å². The average molecular weight is 249 g/mol. The Morgan fingerprint density at radius 1 is 1.47 bits per heavy atom. The highest BCUT2D eigenvalue weighted by atomic mass is 19.4. The van der Waals surface area contributed by atoms with Gasteiger partial charge in [-0.2, -0.15) is 0 Å². The van der Waals surface area contributed by atoms with Gasteiger partial charge in [0.05, 0.1) is 6.42 Å². The van der Waals surface area contributed by atoms with Crippen LogP contribution in [0.4, 0.5) is 13.2 Å². The van der Waals surface area contributed by atoms with E-state index in [-0.39, 0.29) is 12.0 Å². The molecule has 0 saturated carbocycles. The number of carbonyl (C=O) groups is 1. The molecule has 7 heteroatoms. The zero-order valence-corrected chi connectivity index (χ0v) is 8.57. The van der Waals surface area contributed by atoms with E-state index in [0.29, 0.717) is 0 Å². The van der Waals surface area contributed by atoms with Crippen LogP contribution >= 0.6 is 0 Å². The van der Waals surface area contributed by atoms with Crippen molar-refractivity contribution >= 4 is 5.97 Å². The van der Waals surface area contributed by atoms with Gasteiger partial charge in [-0.25, -0.2) is 0 Å². The molecule has 0 bridgehead atoms. The van der Waals surface area contributed by atoms with Gasteiger partial charge in [0.1, 0.15) is 5.75 Å². The minimum atomic E-state index is -4.78. The number of aliphatic carboxylic acids is 1. The van der Waals surface area contributed by atoms with Gasteiger partial charge in [-0.1, -0.05) is 12.1 Å². The summed E-state index contributed by atoms with van der Waals surface area (Å²) in [5, 5.41) is 8.51. The summed E-state index contributed by atoms with van der Waals surface area (Å²) in [6.45, 7) is 0. The zero-order valence-electron chi connectivity index (χ0n) is 8.57. The molecule has 0 heterocycles. The smallest absolute Gasteiger partial charge is 0.481 e. The summed E-state index contributed by atoms with van der Waals surface area (Å²) in [6.07, 6.45) is -5.15.